The van der Waals surface area contributed by atoms with Gasteiger partial charge in [-0.15, -0.1) is 0 Å². The molecule has 2 heteroatoms. The van der Waals surface area contributed by atoms with Gasteiger partial charge in [0.05, 0.1) is 0 Å². The Kier molecular flexibility index (Phi) is 2.55. The van der Waals surface area contributed by atoms with Crippen molar-refractivity contribution < 1.29 is 4.79 Å². The van der Waals surface area contributed by atoms with Gasteiger partial charge in [-0.2, -0.15) is 0 Å². The van der Waals surface area contributed by atoms with Gasteiger partial charge in [0.2, 0.25) is 5.24 Å². The summed E-state index contributed by atoms with van der Waals surface area (Å²) in [5.41, 5.74) is 5.18. The molecule has 0 atom stereocenters. The van der Waals surface area contributed by atoms with Crippen LogP contribution in [0.25, 0.3) is 0 Å². The van der Waals surface area contributed by atoms with Crippen molar-refractivity contribution in [3.8, 4) is 0 Å². The maximum absolute atomic E-state index is 11.7. The molecule has 0 saturated carbocycles. The first kappa shape index (κ1) is 12.2. The van der Waals surface area contributed by atoms with Gasteiger partial charge in [-0.05, 0) is 46.7 Å². The third-order valence-electron chi connectivity index (χ3n) is 5.00. The molecule has 0 aromatic heterocycles. The van der Waals surface area contributed by atoms with Crippen LogP contribution >= 0.6 is 11.6 Å². The molecule has 2 aromatic rings. The quantitative estimate of drug-likeness (QED) is 0.748. The molecule has 0 heterocycles. The largest absolute Gasteiger partial charge is 0.281 e. The average molecular weight is 283 g/mol. The van der Waals surface area contributed by atoms with Crippen LogP contribution in [0.2, 0.25) is 0 Å². The maximum Gasteiger partial charge on any atom is 0.222 e. The Balaban J connectivity index is 2.04. The molecule has 2 aromatic carbocycles. The van der Waals surface area contributed by atoms with Gasteiger partial charge >= 0.3 is 0 Å². The Morgan fingerprint density at radius 3 is 2.15 bits per heavy atom. The number of halogens is 1. The molecule has 0 N–H and O–H groups in total. The SMILES string of the molecule is O=C(Cl)CC12CCC(c3ccccc31)c1ccccc12. The Hall–Kier alpha value is -1.60. The topological polar surface area (TPSA) is 17.1 Å². The van der Waals surface area contributed by atoms with Crippen LogP contribution in [0.15, 0.2) is 48.5 Å². The van der Waals surface area contributed by atoms with Gasteiger partial charge in [-0.1, -0.05) is 48.5 Å². The van der Waals surface area contributed by atoms with E-state index in [1.165, 1.54) is 22.3 Å². The Labute approximate surface area is 123 Å². The highest BCUT2D eigenvalue weighted by molar-refractivity contribution is 6.63. The Morgan fingerprint density at radius 2 is 1.60 bits per heavy atom. The summed E-state index contributed by atoms with van der Waals surface area (Å²) in [6.45, 7) is 0. The maximum atomic E-state index is 11.7. The average Bonchev–Trinajstić information content (AvgIpc) is 2.48. The summed E-state index contributed by atoms with van der Waals surface area (Å²) < 4.78 is 0. The van der Waals surface area contributed by atoms with Crippen LogP contribution in [0, 0.1) is 0 Å². The smallest absolute Gasteiger partial charge is 0.222 e. The monoisotopic (exact) mass is 282 g/mol. The van der Waals surface area contributed by atoms with E-state index in [-0.39, 0.29) is 10.7 Å². The van der Waals surface area contributed by atoms with Crippen LogP contribution in [-0.4, -0.2) is 5.24 Å². The Bertz CT molecular complexity index is 657. The second-order valence-corrected chi connectivity index (χ2v) is 6.30. The molecular formula is C18H15ClO. The predicted octanol–water partition coefficient (Wildman–Crippen LogP) is 4.37. The predicted molar refractivity (Wildman–Crippen MR) is 80.2 cm³/mol. The molecule has 1 nitrogen and oxygen atoms in total. The summed E-state index contributed by atoms with van der Waals surface area (Å²) in [4.78, 5) is 11.7. The van der Waals surface area contributed by atoms with Crippen molar-refractivity contribution in [1.82, 2.24) is 0 Å². The van der Waals surface area contributed by atoms with Crippen molar-refractivity contribution >= 4 is 16.8 Å². The van der Waals surface area contributed by atoms with Crippen LogP contribution in [0.5, 0.6) is 0 Å². The van der Waals surface area contributed by atoms with Crippen LogP contribution in [0.3, 0.4) is 0 Å². The van der Waals surface area contributed by atoms with Gasteiger partial charge in [-0.3, -0.25) is 4.79 Å². The number of benzene rings is 2. The molecule has 3 aliphatic rings. The zero-order chi connectivity index (χ0) is 13.7. The summed E-state index contributed by atoms with van der Waals surface area (Å²) >= 11 is 5.79. The van der Waals surface area contributed by atoms with Gasteiger partial charge in [0.1, 0.15) is 0 Å². The second kappa shape index (κ2) is 4.20. The third-order valence-corrected chi connectivity index (χ3v) is 5.14. The van der Waals surface area contributed by atoms with Crippen molar-refractivity contribution in [3.63, 3.8) is 0 Å². The highest BCUT2D eigenvalue weighted by Crippen LogP contribution is 2.57. The minimum atomic E-state index is -0.241. The standard InChI is InChI=1S/C18H15ClO/c19-17(20)11-18-10-9-12(13-5-1-3-7-15(13)18)14-6-2-4-8-16(14)18/h1-8,12H,9-11H2. The number of carbonyl (C=O) groups excluding carboxylic acids is 1. The van der Waals surface area contributed by atoms with Crippen molar-refractivity contribution in [2.75, 3.05) is 0 Å². The van der Waals surface area contributed by atoms with E-state index >= 15 is 0 Å². The lowest BCUT2D eigenvalue weighted by Crippen LogP contribution is -2.41. The fourth-order valence-corrected chi connectivity index (χ4v) is 4.50. The lowest BCUT2D eigenvalue weighted by Gasteiger charge is -2.49. The Morgan fingerprint density at radius 1 is 1.05 bits per heavy atom. The number of hydrogen-bond donors (Lipinski definition) is 0. The minimum Gasteiger partial charge on any atom is -0.281 e. The van der Waals surface area contributed by atoms with Crippen molar-refractivity contribution in [2.45, 2.75) is 30.6 Å². The van der Waals surface area contributed by atoms with E-state index in [4.69, 9.17) is 11.6 Å². The zero-order valence-corrected chi connectivity index (χ0v) is 11.9. The van der Waals surface area contributed by atoms with E-state index in [2.05, 4.69) is 48.5 Å². The summed E-state index contributed by atoms with van der Waals surface area (Å²) in [6.07, 6.45) is 2.53. The number of rotatable bonds is 2. The zero-order valence-electron chi connectivity index (χ0n) is 11.1. The van der Waals surface area contributed by atoms with Gasteiger partial charge in [0, 0.05) is 17.8 Å². The summed E-state index contributed by atoms with van der Waals surface area (Å²) in [5.74, 6) is 0.481. The molecule has 100 valence electrons. The van der Waals surface area contributed by atoms with Crippen molar-refractivity contribution in [3.05, 3.63) is 70.8 Å². The molecule has 20 heavy (non-hydrogen) atoms. The first-order valence-electron chi connectivity index (χ1n) is 7.09. The highest BCUT2D eigenvalue weighted by atomic mass is 35.5. The molecular weight excluding hydrogens is 268 g/mol. The lowest BCUT2D eigenvalue weighted by atomic mass is 9.54. The minimum absolute atomic E-state index is 0.208. The molecule has 0 aliphatic heterocycles. The number of carbonyl (C=O) groups is 1. The van der Waals surface area contributed by atoms with E-state index in [1.54, 1.807) is 0 Å². The fourth-order valence-electron chi connectivity index (χ4n) is 4.27. The van der Waals surface area contributed by atoms with Gasteiger partial charge < -0.3 is 0 Å². The van der Waals surface area contributed by atoms with Crippen molar-refractivity contribution in [2.24, 2.45) is 0 Å². The first-order chi connectivity index (χ1) is 9.72. The fraction of sp³-hybridized carbons (Fsp3) is 0.278. The normalized spacial score (nSPS) is 25.9. The van der Waals surface area contributed by atoms with Gasteiger partial charge in [0.15, 0.2) is 0 Å². The highest BCUT2D eigenvalue weighted by Gasteiger charge is 2.48. The number of fused-ring (bicyclic) bond motifs is 1. The molecule has 0 spiro atoms. The van der Waals surface area contributed by atoms with Crippen LogP contribution in [0.1, 0.15) is 47.4 Å². The van der Waals surface area contributed by atoms with E-state index in [0.29, 0.717) is 12.3 Å². The molecule has 0 unspecified atom stereocenters. The van der Waals surface area contributed by atoms with Crippen LogP contribution in [0.4, 0.5) is 0 Å². The van der Waals surface area contributed by atoms with E-state index in [9.17, 15) is 4.79 Å². The molecule has 0 radical (unpaired) electrons. The lowest BCUT2D eigenvalue weighted by molar-refractivity contribution is -0.112. The van der Waals surface area contributed by atoms with E-state index < -0.39 is 0 Å². The molecule has 5 rings (SSSR count). The second-order valence-electron chi connectivity index (χ2n) is 5.88. The van der Waals surface area contributed by atoms with E-state index in [0.717, 1.165) is 12.8 Å². The van der Waals surface area contributed by atoms with E-state index in [1.807, 2.05) is 0 Å². The summed E-state index contributed by atoms with van der Waals surface area (Å²) in [6, 6.07) is 17.1. The first-order valence-corrected chi connectivity index (χ1v) is 7.47. The molecule has 3 aliphatic carbocycles. The van der Waals surface area contributed by atoms with Crippen LogP contribution in [-0.2, 0) is 10.2 Å². The van der Waals surface area contributed by atoms with Crippen LogP contribution < -0.4 is 0 Å². The van der Waals surface area contributed by atoms with Gasteiger partial charge in [0.25, 0.3) is 0 Å². The summed E-state index contributed by atoms with van der Waals surface area (Å²) in [5, 5.41) is -0.241. The van der Waals surface area contributed by atoms with Gasteiger partial charge in [-0.25, -0.2) is 0 Å². The number of hydrogen-bond acceptors (Lipinski definition) is 1. The molecule has 0 amide bonds. The van der Waals surface area contributed by atoms with Crippen molar-refractivity contribution in [1.29, 1.82) is 0 Å². The molecule has 0 saturated heterocycles. The molecule has 2 bridgehead atoms. The summed E-state index contributed by atoms with van der Waals surface area (Å²) in [7, 11) is 0. The molecule has 0 fully saturated rings. The third kappa shape index (κ3) is 1.47.